The molecule has 1 unspecified atom stereocenters. The van der Waals surface area contributed by atoms with E-state index < -0.39 is 6.04 Å². The molecule has 2 amide bonds. The molecule has 92 valence electrons. The summed E-state index contributed by atoms with van der Waals surface area (Å²) in [6.45, 7) is 3.69. The third kappa shape index (κ3) is 3.46. The molecule has 0 aromatic rings. The van der Waals surface area contributed by atoms with Gasteiger partial charge in [0.15, 0.2) is 0 Å². The highest BCUT2D eigenvalue weighted by Crippen LogP contribution is 2.04. The van der Waals surface area contributed by atoms with Gasteiger partial charge >= 0.3 is 0 Å². The molecule has 0 aromatic heterocycles. The van der Waals surface area contributed by atoms with E-state index in [1.807, 2.05) is 0 Å². The van der Waals surface area contributed by atoms with E-state index >= 15 is 0 Å². The third-order valence-electron chi connectivity index (χ3n) is 2.49. The summed E-state index contributed by atoms with van der Waals surface area (Å²) >= 11 is 0. The Morgan fingerprint density at radius 2 is 2.12 bits per heavy atom. The molecule has 6 heteroatoms. The lowest BCUT2D eigenvalue weighted by atomic mass is 10.2. The van der Waals surface area contributed by atoms with Gasteiger partial charge in [0.05, 0.1) is 26.4 Å². The molecule has 1 aliphatic rings. The Morgan fingerprint density at radius 1 is 1.38 bits per heavy atom. The predicted octanol–water partition coefficient (Wildman–Crippen LogP) is -1.00. The zero-order valence-corrected chi connectivity index (χ0v) is 9.69. The summed E-state index contributed by atoms with van der Waals surface area (Å²) < 4.78 is 10.1. The van der Waals surface area contributed by atoms with Gasteiger partial charge in [0.2, 0.25) is 11.8 Å². The number of nitrogens with zero attached hydrogens (tertiary/aromatic N) is 1. The number of carbonyl (C=O) groups is 2. The second-order valence-electron chi connectivity index (χ2n) is 3.59. The molecular formula is C10H18N2O4. The lowest BCUT2D eigenvalue weighted by Gasteiger charge is -2.32. The number of carbonyl (C=O) groups excluding carboxylic acids is 2. The summed E-state index contributed by atoms with van der Waals surface area (Å²) in [5.41, 5.74) is 0. The van der Waals surface area contributed by atoms with Crippen LogP contribution < -0.4 is 5.32 Å². The smallest absolute Gasteiger partial charge is 0.242 e. The summed E-state index contributed by atoms with van der Waals surface area (Å²) in [4.78, 5) is 24.4. The number of ether oxygens (including phenoxy) is 2. The normalized spacial score (nSPS) is 21.1. The largest absolute Gasteiger partial charge is 0.382 e. The molecule has 0 aromatic carbocycles. The molecule has 6 nitrogen and oxygen atoms in total. The SMILES string of the molecule is COCCOCCN1C(=O)CNC(=O)C1C. The van der Waals surface area contributed by atoms with Gasteiger partial charge in [-0.25, -0.2) is 0 Å². The van der Waals surface area contributed by atoms with Crippen LogP contribution in [0.25, 0.3) is 0 Å². The molecule has 0 bridgehead atoms. The second-order valence-corrected chi connectivity index (χ2v) is 3.59. The van der Waals surface area contributed by atoms with Crippen LogP contribution in [0.15, 0.2) is 0 Å². The molecule has 1 rings (SSSR count). The Labute approximate surface area is 94.9 Å². The fraction of sp³-hybridized carbons (Fsp3) is 0.800. The number of rotatable bonds is 6. The number of piperazine rings is 1. The van der Waals surface area contributed by atoms with Crippen LogP contribution in [0.3, 0.4) is 0 Å². The van der Waals surface area contributed by atoms with Crippen molar-refractivity contribution in [3.63, 3.8) is 0 Å². The van der Waals surface area contributed by atoms with Crippen LogP contribution in [0, 0.1) is 0 Å². The molecule has 0 spiro atoms. The molecule has 1 N–H and O–H groups in total. The first kappa shape index (κ1) is 12.9. The van der Waals surface area contributed by atoms with E-state index in [4.69, 9.17) is 9.47 Å². The van der Waals surface area contributed by atoms with Crippen LogP contribution in [0.2, 0.25) is 0 Å². The predicted molar refractivity (Wildman–Crippen MR) is 56.9 cm³/mol. The fourth-order valence-corrected chi connectivity index (χ4v) is 1.50. The summed E-state index contributed by atoms with van der Waals surface area (Å²) in [6.07, 6.45) is 0. The first-order chi connectivity index (χ1) is 7.66. The van der Waals surface area contributed by atoms with E-state index in [1.54, 1.807) is 14.0 Å². The standard InChI is InChI=1S/C10H18N2O4/c1-8-10(14)11-7-9(13)12(8)3-4-16-6-5-15-2/h8H,3-7H2,1-2H3,(H,11,14). The number of methoxy groups -OCH3 is 1. The summed E-state index contributed by atoms with van der Waals surface area (Å²) in [7, 11) is 1.60. The van der Waals surface area contributed by atoms with Gasteiger partial charge in [-0.15, -0.1) is 0 Å². The van der Waals surface area contributed by atoms with Crippen molar-refractivity contribution in [3.05, 3.63) is 0 Å². The second kappa shape index (κ2) is 6.44. The van der Waals surface area contributed by atoms with Crippen molar-refractivity contribution < 1.29 is 19.1 Å². The average molecular weight is 230 g/mol. The first-order valence-corrected chi connectivity index (χ1v) is 5.30. The number of amides is 2. The van der Waals surface area contributed by atoms with Gasteiger partial charge in [-0.3, -0.25) is 9.59 Å². The Kier molecular flexibility index (Phi) is 5.21. The average Bonchev–Trinajstić information content (AvgIpc) is 2.28. The monoisotopic (exact) mass is 230 g/mol. The maximum Gasteiger partial charge on any atom is 0.242 e. The highest BCUT2D eigenvalue weighted by atomic mass is 16.5. The third-order valence-corrected chi connectivity index (χ3v) is 2.49. The van der Waals surface area contributed by atoms with Crippen LogP contribution in [0.1, 0.15) is 6.92 Å². The van der Waals surface area contributed by atoms with Gasteiger partial charge in [0.1, 0.15) is 6.04 Å². The highest BCUT2D eigenvalue weighted by molar-refractivity contribution is 5.94. The van der Waals surface area contributed by atoms with Crippen LogP contribution in [0.4, 0.5) is 0 Å². The molecule has 1 saturated heterocycles. The summed E-state index contributed by atoms with van der Waals surface area (Å²) in [5.74, 6) is -0.182. The van der Waals surface area contributed by atoms with Gasteiger partial charge < -0.3 is 19.7 Å². The van der Waals surface area contributed by atoms with Gasteiger partial charge in [-0.05, 0) is 6.92 Å². The van der Waals surface area contributed by atoms with E-state index in [2.05, 4.69) is 5.32 Å². The van der Waals surface area contributed by atoms with Crippen LogP contribution in [-0.4, -0.2) is 62.8 Å². The van der Waals surface area contributed by atoms with Gasteiger partial charge in [0, 0.05) is 13.7 Å². The minimum Gasteiger partial charge on any atom is -0.382 e. The number of nitrogens with one attached hydrogen (secondary N) is 1. The minimum atomic E-state index is -0.410. The van der Waals surface area contributed by atoms with E-state index in [0.29, 0.717) is 26.4 Å². The molecule has 1 heterocycles. The fourth-order valence-electron chi connectivity index (χ4n) is 1.50. The highest BCUT2D eigenvalue weighted by Gasteiger charge is 2.30. The number of hydrogen-bond donors (Lipinski definition) is 1. The van der Waals surface area contributed by atoms with Crippen molar-refractivity contribution in [2.45, 2.75) is 13.0 Å². The number of hydrogen-bond acceptors (Lipinski definition) is 4. The van der Waals surface area contributed by atoms with Gasteiger partial charge in [0.25, 0.3) is 0 Å². The molecule has 1 fully saturated rings. The maximum absolute atomic E-state index is 11.5. The van der Waals surface area contributed by atoms with Gasteiger partial charge in [-0.1, -0.05) is 0 Å². The topological polar surface area (TPSA) is 67.9 Å². The maximum atomic E-state index is 11.5. The van der Waals surface area contributed by atoms with Crippen molar-refractivity contribution in [2.24, 2.45) is 0 Å². The van der Waals surface area contributed by atoms with Crippen LogP contribution >= 0.6 is 0 Å². The lowest BCUT2D eigenvalue weighted by Crippen LogP contribution is -2.57. The Balaban J connectivity index is 2.28. The summed E-state index contributed by atoms with van der Waals surface area (Å²) in [6, 6.07) is -0.410. The van der Waals surface area contributed by atoms with E-state index in [-0.39, 0.29) is 18.4 Å². The van der Waals surface area contributed by atoms with Crippen molar-refractivity contribution in [1.82, 2.24) is 10.2 Å². The van der Waals surface area contributed by atoms with Gasteiger partial charge in [-0.2, -0.15) is 0 Å². The zero-order valence-electron chi connectivity index (χ0n) is 9.69. The molecule has 0 saturated carbocycles. The van der Waals surface area contributed by atoms with Crippen LogP contribution in [0.5, 0.6) is 0 Å². The molecule has 16 heavy (non-hydrogen) atoms. The van der Waals surface area contributed by atoms with Crippen molar-refractivity contribution in [3.8, 4) is 0 Å². The quantitative estimate of drug-likeness (QED) is 0.594. The van der Waals surface area contributed by atoms with Crippen LogP contribution in [-0.2, 0) is 19.1 Å². The van der Waals surface area contributed by atoms with Crippen molar-refractivity contribution in [2.75, 3.05) is 40.0 Å². The molecule has 1 atom stereocenters. The van der Waals surface area contributed by atoms with E-state index in [1.165, 1.54) is 4.90 Å². The Hall–Kier alpha value is -1.14. The lowest BCUT2D eigenvalue weighted by molar-refractivity contribution is -0.145. The Bertz CT molecular complexity index is 257. The minimum absolute atomic E-state index is 0.0672. The summed E-state index contributed by atoms with van der Waals surface area (Å²) in [5, 5.41) is 2.53. The van der Waals surface area contributed by atoms with Crippen molar-refractivity contribution in [1.29, 1.82) is 0 Å². The first-order valence-electron chi connectivity index (χ1n) is 5.30. The Morgan fingerprint density at radius 3 is 2.81 bits per heavy atom. The molecule has 0 aliphatic carbocycles. The molecular weight excluding hydrogens is 212 g/mol. The van der Waals surface area contributed by atoms with Crippen molar-refractivity contribution >= 4 is 11.8 Å². The van der Waals surface area contributed by atoms with E-state index in [9.17, 15) is 9.59 Å². The zero-order chi connectivity index (χ0) is 12.0. The molecule has 0 radical (unpaired) electrons. The van der Waals surface area contributed by atoms with E-state index in [0.717, 1.165) is 0 Å². The molecule has 1 aliphatic heterocycles.